The van der Waals surface area contributed by atoms with Crippen molar-refractivity contribution in [3.63, 3.8) is 0 Å². The molecule has 0 fully saturated rings. The Morgan fingerprint density at radius 1 is 1.15 bits per heavy atom. The first-order valence-corrected chi connectivity index (χ1v) is 8.25. The zero-order valence-corrected chi connectivity index (χ0v) is 15.5. The van der Waals surface area contributed by atoms with E-state index in [0.717, 1.165) is 44.5 Å². The molecular weight excluding hydrogens is 285 g/mol. The number of benzene rings is 1. The van der Waals surface area contributed by atoms with Crippen LogP contribution in [0.5, 0.6) is 0 Å². The number of hydrogen-bond donors (Lipinski definition) is 1. The summed E-state index contributed by atoms with van der Waals surface area (Å²) in [6.07, 6.45) is 4.33. The van der Waals surface area contributed by atoms with E-state index < -0.39 is 10.1 Å². The molecule has 0 aliphatic rings. The van der Waals surface area contributed by atoms with Crippen LogP contribution in [0.15, 0.2) is 29.2 Å². The Morgan fingerprint density at radius 3 is 2.15 bits per heavy atom. The number of unbranched alkanes of at least 4 members (excludes halogenated alkanes) is 2. The fraction of sp³-hybridized carbons (Fsp3) is 0.571. The molecule has 0 amide bonds. The van der Waals surface area contributed by atoms with E-state index in [-0.39, 0.29) is 35.9 Å². The topological polar surface area (TPSA) is 57.6 Å². The van der Waals surface area contributed by atoms with Crippen LogP contribution in [0.4, 0.5) is 5.69 Å². The van der Waals surface area contributed by atoms with Crippen molar-refractivity contribution < 1.29 is 44.0 Å². The smallest absolute Gasteiger partial charge is 1.00 e. The van der Waals surface area contributed by atoms with E-state index in [1.807, 2.05) is 6.07 Å². The molecule has 0 saturated carbocycles. The summed E-state index contributed by atoms with van der Waals surface area (Å²) in [6, 6.07) is 6.51. The van der Waals surface area contributed by atoms with Gasteiger partial charge in [0.2, 0.25) is 0 Å². The first kappa shape index (κ1) is 19.9. The van der Waals surface area contributed by atoms with Crippen LogP contribution < -0.4 is 34.5 Å². The maximum Gasteiger partial charge on any atom is 1.00 e. The number of rotatable bonds is 8. The van der Waals surface area contributed by atoms with Gasteiger partial charge in [-0.3, -0.25) is 4.55 Å². The average molecular weight is 309 g/mol. The summed E-state index contributed by atoms with van der Waals surface area (Å²) in [5.74, 6) is 0. The van der Waals surface area contributed by atoms with Gasteiger partial charge in [0.15, 0.2) is 0 Å². The minimum absolute atomic E-state index is 0. The molecule has 6 heteroatoms. The van der Waals surface area contributed by atoms with Crippen molar-refractivity contribution in [1.29, 1.82) is 0 Å². The third-order valence-corrected chi connectivity index (χ3v) is 3.89. The Morgan fingerprint density at radius 2 is 1.70 bits per heavy atom. The molecule has 0 aromatic heterocycles. The first-order chi connectivity index (χ1) is 8.99. The van der Waals surface area contributed by atoms with Crippen LogP contribution in [-0.4, -0.2) is 26.1 Å². The van der Waals surface area contributed by atoms with E-state index in [9.17, 15) is 8.42 Å². The van der Waals surface area contributed by atoms with E-state index >= 15 is 0 Å². The summed E-state index contributed by atoms with van der Waals surface area (Å²) in [5, 5.41) is 0. The Bertz CT molecular complexity index is 489. The van der Waals surface area contributed by atoms with Gasteiger partial charge in [-0.1, -0.05) is 32.8 Å². The second-order valence-corrected chi connectivity index (χ2v) is 6.09. The third kappa shape index (κ3) is 6.59. The molecule has 1 N–H and O–H groups in total. The minimum atomic E-state index is -4.13. The van der Waals surface area contributed by atoms with E-state index in [1.165, 1.54) is 6.07 Å². The number of hydrogen-bond acceptors (Lipinski definition) is 3. The van der Waals surface area contributed by atoms with Crippen LogP contribution in [0.25, 0.3) is 0 Å². The summed E-state index contributed by atoms with van der Waals surface area (Å²) in [4.78, 5) is 2.14. The summed E-state index contributed by atoms with van der Waals surface area (Å²) < 4.78 is 31.4. The molecule has 0 spiro atoms. The molecular formula is C14H24NNaO3S. The van der Waals surface area contributed by atoms with Gasteiger partial charge in [-0.15, -0.1) is 0 Å². The fourth-order valence-corrected chi connectivity index (χ4v) is 2.43. The molecule has 1 aromatic rings. The normalized spacial score (nSPS) is 10.9. The SMILES string of the molecule is CCCCN(CCCC)c1cccc(S(=O)(=O)O)c1.[H-].[Na+]. The van der Waals surface area contributed by atoms with Crippen LogP contribution in [0.1, 0.15) is 41.0 Å². The van der Waals surface area contributed by atoms with Crippen LogP contribution in [0.2, 0.25) is 0 Å². The molecule has 0 unspecified atom stereocenters. The first-order valence-electron chi connectivity index (χ1n) is 6.81. The largest absolute Gasteiger partial charge is 1.00 e. The monoisotopic (exact) mass is 309 g/mol. The molecule has 0 radical (unpaired) electrons. The van der Waals surface area contributed by atoms with Crippen molar-refractivity contribution >= 4 is 15.8 Å². The maximum atomic E-state index is 11.2. The van der Waals surface area contributed by atoms with Crippen molar-refractivity contribution in [1.82, 2.24) is 0 Å². The van der Waals surface area contributed by atoms with E-state index in [2.05, 4.69) is 18.7 Å². The summed E-state index contributed by atoms with van der Waals surface area (Å²) in [6.45, 7) is 6.08. The Kier molecular flexibility index (Phi) is 9.76. The summed E-state index contributed by atoms with van der Waals surface area (Å²) in [7, 11) is -4.13. The molecule has 0 aliphatic carbocycles. The summed E-state index contributed by atoms with van der Waals surface area (Å²) >= 11 is 0. The van der Waals surface area contributed by atoms with Gasteiger partial charge in [0.1, 0.15) is 0 Å². The molecule has 0 aliphatic heterocycles. The van der Waals surface area contributed by atoms with Gasteiger partial charge in [-0.2, -0.15) is 8.42 Å². The van der Waals surface area contributed by atoms with Gasteiger partial charge in [0, 0.05) is 18.8 Å². The zero-order valence-electron chi connectivity index (χ0n) is 13.7. The molecule has 0 heterocycles. The van der Waals surface area contributed by atoms with Crippen molar-refractivity contribution in [3.8, 4) is 0 Å². The van der Waals surface area contributed by atoms with Crippen molar-refractivity contribution in [2.45, 2.75) is 44.4 Å². The van der Waals surface area contributed by atoms with Gasteiger partial charge in [-0.05, 0) is 31.0 Å². The van der Waals surface area contributed by atoms with Crippen molar-refractivity contribution in [2.24, 2.45) is 0 Å². The summed E-state index contributed by atoms with van der Waals surface area (Å²) in [5.41, 5.74) is 0.858. The van der Waals surface area contributed by atoms with Gasteiger partial charge in [-0.25, -0.2) is 0 Å². The van der Waals surface area contributed by atoms with Crippen LogP contribution in [-0.2, 0) is 10.1 Å². The molecule has 1 rings (SSSR count). The second kappa shape index (κ2) is 9.79. The molecule has 1 aromatic carbocycles. The van der Waals surface area contributed by atoms with Crippen molar-refractivity contribution in [2.75, 3.05) is 18.0 Å². The molecule has 110 valence electrons. The van der Waals surface area contributed by atoms with E-state index in [4.69, 9.17) is 4.55 Å². The molecule has 4 nitrogen and oxygen atoms in total. The predicted octanol–water partition coefficient (Wildman–Crippen LogP) is 0.456. The van der Waals surface area contributed by atoms with Crippen LogP contribution >= 0.6 is 0 Å². The minimum Gasteiger partial charge on any atom is -1.00 e. The van der Waals surface area contributed by atoms with E-state index in [1.54, 1.807) is 12.1 Å². The van der Waals surface area contributed by atoms with Crippen LogP contribution in [0.3, 0.4) is 0 Å². The molecule has 0 bridgehead atoms. The van der Waals surface area contributed by atoms with Gasteiger partial charge in [0.25, 0.3) is 10.1 Å². The Balaban J connectivity index is 0. The second-order valence-electron chi connectivity index (χ2n) is 4.67. The maximum absolute atomic E-state index is 11.2. The standard InChI is InChI=1S/C14H23NO3S.Na.H/c1-3-5-10-15(11-6-4-2)13-8-7-9-14(12-13)19(16,17)18;;/h7-9,12H,3-6,10-11H2,1-2H3,(H,16,17,18);;/q;+1;-1. The Hall–Kier alpha value is -0.0700. The molecule has 0 atom stereocenters. The van der Waals surface area contributed by atoms with Crippen LogP contribution in [0, 0.1) is 0 Å². The number of anilines is 1. The van der Waals surface area contributed by atoms with Gasteiger partial charge < -0.3 is 6.33 Å². The van der Waals surface area contributed by atoms with Gasteiger partial charge >= 0.3 is 29.6 Å². The predicted molar refractivity (Wildman–Crippen MR) is 79.4 cm³/mol. The molecule has 20 heavy (non-hydrogen) atoms. The molecule has 0 saturated heterocycles. The van der Waals surface area contributed by atoms with Crippen molar-refractivity contribution in [3.05, 3.63) is 24.3 Å². The quantitative estimate of drug-likeness (QED) is 0.560. The van der Waals surface area contributed by atoms with Gasteiger partial charge in [0.05, 0.1) is 4.90 Å². The number of nitrogens with zero attached hydrogens (tertiary/aromatic N) is 1. The zero-order chi connectivity index (χ0) is 14.3. The van der Waals surface area contributed by atoms with E-state index in [0.29, 0.717) is 0 Å². The Labute approximate surface area is 146 Å². The average Bonchev–Trinajstić information content (AvgIpc) is 2.38. The third-order valence-electron chi connectivity index (χ3n) is 3.04. The fourth-order valence-electron chi connectivity index (χ4n) is 1.91.